The van der Waals surface area contributed by atoms with Crippen LogP contribution in [0.25, 0.3) is 0 Å². The predicted molar refractivity (Wildman–Crippen MR) is 125 cm³/mol. The molecule has 0 saturated carbocycles. The fourth-order valence-corrected chi connectivity index (χ4v) is 7.56. The van der Waals surface area contributed by atoms with E-state index in [2.05, 4.69) is 25.9 Å². The van der Waals surface area contributed by atoms with Gasteiger partial charge in [-0.2, -0.15) is 5.21 Å². The standard InChI is InChI=1S/C17H19N7O7S4/c18-35(30,31)5-3-8(34-17-20-22-23-21-17)7-6-33-15-10(14(27)24(15)11(7)16(28)29)19-13(26)12(25)9-2-1-4-32-9/h1-2,4,8,10,12,15,25H,3,5-6H2,(H,19,26)(H,28,29)(H2,18,30,31)(H,20,21,22,23)/t8?,10?,12?,15-/m0/s1. The number of nitrogens with one attached hydrogen (secondary N) is 2. The molecule has 188 valence electrons. The van der Waals surface area contributed by atoms with Gasteiger partial charge in [0.05, 0.1) is 5.75 Å². The number of nitrogens with zero attached hydrogens (tertiary/aromatic N) is 4. The number of nitrogens with two attached hydrogens (primary N) is 1. The summed E-state index contributed by atoms with van der Waals surface area (Å²) in [6.45, 7) is 0. The molecule has 6 N–H and O–H groups in total. The van der Waals surface area contributed by atoms with E-state index in [9.17, 15) is 33.0 Å². The molecule has 2 aliphatic rings. The van der Waals surface area contributed by atoms with E-state index in [1.165, 1.54) is 23.1 Å². The molecule has 3 unspecified atom stereocenters. The number of sulfonamides is 1. The molecular formula is C17H19N7O7S4. The first kappa shape index (κ1) is 25.6. The van der Waals surface area contributed by atoms with Gasteiger partial charge in [-0.05, 0) is 28.7 Å². The quantitative estimate of drug-likeness (QED) is 0.172. The Bertz CT molecular complexity index is 1250. The number of primary sulfonamides is 1. The van der Waals surface area contributed by atoms with E-state index in [4.69, 9.17) is 5.14 Å². The van der Waals surface area contributed by atoms with Gasteiger partial charge in [0.2, 0.25) is 15.2 Å². The van der Waals surface area contributed by atoms with Crippen LogP contribution in [-0.2, 0) is 24.4 Å². The molecule has 1 fully saturated rings. The Hall–Kier alpha value is -2.51. The molecule has 18 heteroatoms. The average Bonchev–Trinajstić information content (AvgIpc) is 3.52. The smallest absolute Gasteiger partial charge is 0.352 e. The topological polar surface area (TPSA) is 222 Å². The van der Waals surface area contributed by atoms with Gasteiger partial charge in [-0.3, -0.25) is 14.5 Å². The highest BCUT2D eigenvalue weighted by molar-refractivity contribution is 8.01. The van der Waals surface area contributed by atoms with E-state index in [1.54, 1.807) is 17.5 Å². The zero-order valence-corrected chi connectivity index (χ0v) is 20.9. The van der Waals surface area contributed by atoms with Crippen LogP contribution in [0.1, 0.15) is 17.4 Å². The van der Waals surface area contributed by atoms with Gasteiger partial charge in [0.1, 0.15) is 17.1 Å². The van der Waals surface area contributed by atoms with E-state index in [1.807, 2.05) is 0 Å². The first-order valence-corrected chi connectivity index (χ1v) is 14.4. The number of fused-ring (bicyclic) bond motifs is 1. The molecular weight excluding hydrogens is 542 g/mol. The van der Waals surface area contributed by atoms with E-state index in [0.717, 1.165) is 16.7 Å². The van der Waals surface area contributed by atoms with Crippen molar-refractivity contribution in [2.24, 2.45) is 5.14 Å². The minimum absolute atomic E-state index is 0.0510. The molecule has 0 aliphatic carbocycles. The van der Waals surface area contributed by atoms with Crippen molar-refractivity contribution in [1.29, 1.82) is 0 Å². The molecule has 0 radical (unpaired) electrons. The third-order valence-corrected chi connectivity index (χ3v) is 9.41. The maximum atomic E-state index is 12.9. The Morgan fingerprint density at radius 1 is 1.43 bits per heavy atom. The van der Waals surface area contributed by atoms with Gasteiger partial charge in [0.15, 0.2) is 6.10 Å². The molecule has 2 aromatic heterocycles. The molecule has 1 saturated heterocycles. The number of aliphatic hydroxyl groups is 1. The Morgan fingerprint density at radius 2 is 2.20 bits per heavy atom. The van der Waals surface area contributed by atoms with Crippen molar-refractivity contribution in [2.45, 2.75) is 34.3 Å². The van der Waals surface area contributed by atoms with Crippen molar-refractivity contribution in [3.8, 4) is 0 Å². The average molecular weight is 562 g/mol. The summed E-state index contributed by atoms with van der Waals surface area (Å²) in [6.07, 6.45) is -1.51. The van der Waals surface area contributed by atoms with Crippen LogP contribution in [0.2, 0.25) is 0 Å². The second kappa shape index (κ2) is 10.2. The van der Waals surface area contributed by atoms with Crippen LogP contribution < -0.4 is 10.5 Å². The number of carboxylic acid groups (broad SMARTS) is 1. The summed E-state index contributed by atoms with van der Waals surface area (Å²) in [5, 5.41) is 41.6. The first-order chi connectivity index (χ1) is 16.6. The van der Waals surface area contributed by atoms with Crippen LogP contribution >= 0.6 is 34.9 Å². The van der Waals surface area contributed by atoms with Crippen LogP contribution in [0.4, 0.5) is 0 Å². The van der Waals surface area contributed by atoms with E-state index in [-0.39, 0.29) is 23.0 Å². The zero-order valence-electron chi connectivity index (χ0n) is 17.6. The third kappa shape index (κ3) is 5.51. The van der Waals surface area contributed by atoms with Crippen LogP contribution in [0.3, 0.4) is 0 Å². The number of hydrogen-bond acceptors (Lipinski definition) is 12. The molecule has 2 aliphatic heterocycles. The molecule has 4 rings (SSSR count). The zero-order chi connectivity index (χ0) is 25.3. The molecule has 0 spiro atoms. The summed E-state index contributed by atoms with van der Waals surface area (Å²) in [6, 6.07) is 2.24. The summed E-state index contributed by atoms with van der Waals surface area (Å²) in [5.41, 5.74) is 0.00687. The highest BCUT2D eigenvalue weighted by Crippen LogP contribution is 2.44. The number of thioether (sulfide) groups is 2. The summed E-state index contributed by atoms with van der Waals surface area (Å²) in [5.74, 6) is -3.10. The third-order valence-electron chi connectivity index (χ3n) is 5.19. The van der Waals surface area contributed by atoms with Gasteiger partial charge in [-0.15, -0.1) is 33.3 Å². The minimum Gasteiger partial charge on any atom is -0.477 e. The normalized spacial score (nSPS) is 21.8. The number of carboxylic acids is 1. The molecule has 0 bridgehead atoms. The molecule has 4 atom stereocenters. The number of aromatic nitrogens is 4. The van der Waals surface area contributed by atoms with Crippen molar-refractivity contribution < 1.29 is 33.0 Å². The lowest BCUT2D eigenvalue weighted by Crippen LogP contribution is -2.71. The van der Waals surface area contributed by atoms with E-state index >= 15 is 0 Å². The molecule has 4 heterocycles. The molecule has 35 heavy (non-hydrogen) atoms. The van der Waals surface area contributed by atoms with E-state index in [0.29, 0.717) is 10.5 Å². The predicted octanol–water partition coefficient (Wildman–Crippen LogP) is -1.13. The minimum atomic E-state index is -3.85. The van der Waals surface area contributed by atoms with Gasteiger partial charge >= 0.3 is 5.97 Å². The lowest BCUT2D eigenvalue weighted by atomic mass is 10.0. The highest BCUT2D eigenvalue weighted by Gasteiger charge is 2.55. The second-order valence-corrected chi connectivity index (χ2v) is 12.4. The van der Waals surface area contributed by atoms with Crippen molar-refractivity contribution in [3.63, 3.8) is 0 Å². The number of hydrogen-bond donors (Lipinski definition) is 5. The van der Waals surface area contributed by atoms with Crippen LogP contribution in [0, 0.1) is 0 Å². The number of H-pyrrole nitrogens is 1. The highest BCUT2D eigenvalue weighted by atomic mass is 32.2. The summed E-state index contributed by atoms with van der Waals surface area (Å²) in [7, 11) is -3.85. The monoisotopic (exact) mass is 561 g/mol. The number of aliphatic hydroxyl groups excluding tert-OH is 1. The lowest BCUT2D eigenvalue weighted by molar-refractivity contribution is -0.151. The number of carbonyl (C=O) groups is 3. The van der Waals surface area contributed by atoms with Crippen molar-refractivity contribution in [1.82, 2.24) is 30.8 Å². The Morgan fingerprint density at radius 3 is 2.80 bits per heavy atom. The number of β-lactam (4-membered cyclic amide) rings is 1. The first-order valence-electron chi connectivity index (χ1n) is 9.90. The largest absolute Gasteiger partial charge is 0.477 e. The Labute approximate surface area is 210 Å². The number of amides is 2. The van der Waals surface area contributed by atoms with E-state index < -0.39 is 56.3 Å². The SMILES string of the molecule is NS(=O)(=O)CCC(Sc1nn[nH]n1)C1=C(C(=O)O)N2C(=O)C(NC(=O)C(O)c3cccs3)[C@@H]2SC1. The van der Waals surface area contributed by atoms with Gasteiger partial charge in [-0.1, -0.05) is 17.8 Å². The number of aromatic amines is 1. The number of thiophene rings is 1. The molecule has 2 amide bonds. The van der Waals surface area contributed by atoms with Gasteiger partial charge in [0, 0.05) is 15.9 Å². The maximum Gasteiger partial charge on any atom is 0.352 e. The Kier molecular flexibility index (Phi) is 7.48. The summed E-state index contributed by atoms with van der Waals surface area (Å²) in [4.78, 5) is 39.1. The van der Waals surface area contributed by atoms with Gasteiger partial charge < -0.3 is 15.5 Å². The van der Waals surface area contributed by atoms with Crippen LogP contribution in [0.5, 0.6) is 0 Å². The number of carbonyl (C=O) groups excluding carboxylic acids is 2. The van der Waals surface area contributed by atoms with Crippen molar-refractivity contribution >= 4 is 62.7 Å². The summed E-state index contributed by atoms with van der Waals surface area (Å²) < 4.78 is 23.1. The van der Waals surface area contributed by atoms with Crippen LogP contribution in [-0.4, -0.2) is 90.1 Å². The number of tetrazole rings is 1. The second-order valence-electron chi connectivity index (χ2n) is 7.45. The lowest BCUT2D eigenvalue weighted by Gasteiger charge is -2.50. The molecule has 2 aromatic rings. The maximum absolute atomic E-state index is 12.9. The number of rotatable bonds is 10. The Balaban J connectivity index is 1.57. The van der Waals surface area contributed by atoms with Crippen LogP contribution in [0.15, 0.2) is 33.9 Å². The van der Waals surface area contributed by atoms with Crippen molar-refractivity contribution in [2.75, 3.05) is 11.5 Å². The molecule has 14 nitrogen and oxygen atoms in total. The number of aliphatic carboxylic acids is 1. The molecule has 0 aromatic carbocycles. The van der Waals surface area contributed by atoms with Crippen molar-refractivity contribution in [3.05, 3.63) is 33.7 Å². The van der Waals surface area contributed by atoms with Gasteiger partial charge in [0.25, 0.3) is 11.8 Å². The summed E-state index contributed by atoms with van der Waals surface area (Å²) >= 11 is 3.39. The fraction of sp³-hybridized carbons (Fsp3) is 0.412. The van der Waals surface area contributed by atoms with Gasteiger partial charge in [-0.25, -0.2) is 18.4 Å². The fourth-order valence-electron chi connectivity index (χ4n) is 3.60.